The second-order valence-electron chi connectivity index (χ2n) is 3.49. The predicted molar refractivity (Wildman–Crippen MR) is 58.7 cm³/mol. The SMILES string of the molecule is CCOCCNC(=O)CN(C)C(C)CO. The van der Waals surface area contributed by atoms with E-state index in [1.807, 2.05) is 20.9 Å². The number of ether oxygens (including phenoxy) is 1. The topological polar surface area (TPSA) is 61.8 Å². The van der Waals surface area contributed by atoms with Gasteiger partial charge in [-0.1, -0.05) is 0 Å². The summed E-state index contributed by atoms with van der Waals surface area (Å²) >= 11 is 0. The van der Waals surface area contributed by atoms with Crippen molar-refractivity contribution in [2.24, 2.45) is 0 Å². The van der Waals surface area contributed by atoms with E-state index in [0.29, 0.717) is 26.3 Å². The average molecular weight is 218 g/mol. The molecule has 0 fully saturated rings. The highest BCUT2D eigenvalue weighted by Crippen LogP contribution is 1.92. The van der Waals surface area contributed by atoms with E-state index in [9.17, 15) is 4.79 Å². The first-order valence-corrected chi connectivity index (χ1v) is 5.27. The molecule has 2 N–H and O–H groups in total. The normalized spacial score (nSPS) is 12.9. The quantitative estimate of drug-likeness (QED) is 0.537. The van der Waals surface area contributed by atoms with Crippen molar-refractivity contribution in [3.8, 4) is 0 Å². The Hall–Kier alpha value is -0.650. The maximum absolute atomic E-state index is 11.3. The Morgan fingerprint density at radius 2 is 2.27 bits per heavy atom. The fourth-order valence-corrected chi connectivity index (χ4v) is 0.985. The number of rotatable bonds is 8. The second-order valence-corrected chi connectivity index (χ2v) is 3.49. The first kappa shape index (κ1) is 14.3. The molecule has 90 valence electrons. The Bertz CT molecular complexity index is 176. The summed E-state index contributed by atoms with van der Waals surface area (Å²) in [6.45, 7) is 5.88. The van der Waals surface area contributed by atoms with Gasteiger partial charge in [0, 0.05) is 19.2 Å². The van der Waals surface area contributed by atoms with Gasteiger partial charge in [0.15, 0.2) is 0 Å². The van der Waals surface area contributed by atoms with E-state index in [1.165, 1.54) is 0 Å². The number of carbonyl (C=O) groups excluding carboxylic acids is 1. The molecule has 0 aromatic rings. The first-order chi connectivity index (χ1) is 7.11. The molecule has 5 nitrogen and oxygen atoms in total. The molecule has 15 heavy (non-hydrogen) atoms. The molecule has 0 aliphatic rings. The molecule has 0 radical (unpaired) electrons. The molecular formula is C10H22N2O3. The molecule has 0 heterocycles. The smallest absolute Gasteiger partial charge is 0.234 e. The lowest BCUT2D eigenvalue weighted by Crippen LogP contribution is -2.41. The molecule has 0 rings (SSSR count). The summed E-state index contributed by atoms with van der Waals surface area (Å²) < 4.78 is 5.09. The minimum absolute atomic E-state index is 0.00245. The van der Waals surface area contributed by atoms with Crippen LogP contribution < -0.4 is 5.32 Å². The zero-order chi connectivity index (χ0) is 11.7. The highest BCUT2D eigenvalue weighted by molar-refractivity contribution is 5.77. The number of aliphatic hydroxyl groups is 1. The van der Waals surface area contributed by atoms with E-state index in [-0.39, 0.29) is 18.6 Å². The average Bonchev–Trinajstić information content (AvgIpc) is 2.23. The summed E-state index contributed by atoms with van der Waals surface area (Å²) in [5.41, 5.74) is 0. The van der Waals surface area contributed by atoms with Crippen molar-refractivity contribution in [3.63, 3.8) is 0 Å². The first-order valence-electron chi connectivity index (χ1n) is 5.27. The van der Waals surface area contributed by atoms with Crippen molar-refractivity contribution in [1.82, 2.24) is 10.2 Å². The Balaban J connectivity index is 3.55. The van der Waals surface area contributed by atoms with Gasteiger partial charge in [0.05, 0.1) is 19.8 Å². The number of nitrogens with one attached hydrogen (secondary N) is 1. The van der Waals surface area contributed by atoms with Crippen molar-refractivity contribution in [3.05, 3.63) is 0 Å². The fourth-order valence-electron chi connectivity index (χ4n) is 0.985. The summed E-state index contributed by atoms with van der Waals surface area (Å²) in [6, 6.07) is 0.00245. The maximum Gasteiger partial charge on any atom is 0.234 e. The lowest BCUT2D eigenvalue weighted by Gasteiger charge is -2.21. The molecule has 0 aromatic carbocycles. The molecule has 1 unspecified atom stereocenters. The van der Waals surface area contributed by atoms with Gasteiger partial charge in [0.2, 0.25) is 5.91 Å². The number of carbonyl (C=O) groups is 1. The Morgan fingerprint density at radius 3 is 2.80 bits per heavy atom. The Labute approximate surface area is 91.4 Å². The van der Waals surface area contributed by atoms with Crippen LogP contribution in [0, 0.1) is 0 Å². The van der Waals surface area contributed by atoms with Crippen molar-refractivity contribution in [2.45, 2.75) is 19.9 Å². The van der Waals surface area contributed by atoms with E-state index < -0.39 is 0 Å². The number of hydrogen-bond acceptors (Lipinski definition) is 4. The summed E-state index contributed by atoms with van der Waals surface area (Å²) in [6.07, 6.45) is 0. The van der Waals surface area contributed by atoms with Crippen LogP contribution in [0.3, 0.4) is 0 Å². The predicted octanol–water partition coefficient (Wildman–Crippen LogP) is -0.548. The van der Waals surface area contributed by atoms with Gasteiger partial charge >= 0.3 is 0 Å². The van der Waals surface area contributed by atoms with Crippen LogP contribution in [-0.2, 0) is 9.53 Å². The zero-order valence-electron chi connectivity index (χ0n) is 9.82. The lowest BCUT2D eigenvalue weighted by atomic mass is 10.3. The van der Waals surface area contributed by atoms with Gasteiger partial charge in [-0.3, -0.25) is 9.69 Å². The van der Waals surface area contributed by atoms with E-state index in [2.05, 4.69) is 5.32 Å². The molecule has 1 atom stereocenters. The van der Waals surface area contributed by atoms with Crippen LogP contribution in [0.5, 0.6) is 0 Å². The second kappa shape index (κ2) is 8.64. The van der Waals surface area contributed by atoms with E-state index in [1.54, 1.807) is 4.90 Å². The molecule has 0 aromatic heterocycles. The molecule has 0 saturated heterocycles. The number of likely N-dealkylation sites (N-methyl/N-ethyl adjacent to an activating group) is 1. The van der Waals surface area contributed by atoms with Gasteiger partial charge < -0.3 is 15.2 Å². The lowest BCUT2D eigenvalue weighted by molar-refractivity contribution is -0.122. The van der Waals surface area contributed by atoms with E-state index in [4.69, 9.17) is 9.84 Å². The van der Waals surface area contributed by atoms with E-state index in [0.717, 1.165) is 0 Å². The van der Waals surface area contributed by atoms with Crippen LogP contribution in [0.4, 0.5) is 0 Å². The van der Waals surface area contributed by atoms with Crippen LogP contribution in [0.1, 0.15) is 13.8 Å². The summed E-state index contributed by atoms with van der Waals surface area (Å²) in [5.74, 6) is -0.0440. The third-order valence-electron chi connectivity index (χ3n) is 2.18. The van der Waals surface area contributed by atoms with Crippen molar-refractivity contribution in [2.75, 3.05) is 40.0 Å². The van der Waals surface area contributed by atoms with Gasteiger partial charge in [-0.25, -0.2) is 0 Å². The van der Waals surface area contributed by atoms with Crippen molar-refractivity contribution >= 4 is 5.91 Å². The molecule has 5 heteroatoms. The molecule has 0 aliphatic carbocycles. The highest BCUT2D eigenvalue weighted by atomic mass is 16.5. The molecule has 1 amide bonds. The van der Waals surface area contributed by atoms with Crippen molar-refractivity contribution < 1.29 is 14.6 Å². The molecule has 0 saturated carbocycles. The molecule has 0 spiro atoms. The third-order valence-corrected chi connectivity index (χ3v) is 2.18. The maximum atomic E-state index is 11.3. The summed E-state index contributed by atoms with van der Waals surface area (Å²) in [7, 11) is 1.81. The minimum atomic E-state index is -0.0440. The highest BCUT2D eigenvalue weighted by Gasteiger charge is 2.11. The van der Waals surface area contributed by atoms with Gasteiger partial charge in [-0.15, -0.1) is 0 Å². The fraction of sp³-hybridized carbons (Fsp3) is 0.900. The van der Waals surface area contributed by atoms with Crippen LogP contribution >= 0.6 is 0 Å². The Morgan fingerprint density at radius 1 is 1.60 bits per heavy atom. The van der Waals surface area contributed by atoms with Gasteiger partial charge in [-0.05, 0) is 20.9 Å². The molecular weight excluding hydrogens is 196 g/mol. The number of amides is 1. The molecule has 0 bridgehead atoms. The van der Waals surface area contributed by atoms with Gasteiger partial charge in [0.1, 0.15) is 0 Å². The number of nitrogens with zero attached hydrogens (tertiary/aromatic N) is 1. The number of hydrogen-bond donors (Lipinski definition) is 2. The van der Waals surface area contributed by atoms with Crippen LogP contribution in [0.15, 0.2) is 0 Å². The van der Waals surface area contributed by atoms with Crippen molar-refractivity contribution in [1.29, 1.82) is 0 Å². The standard InChI is InChI=1S/C10H22N2O3/c1-4-15-6-5-11-10(14)7-12(3)9(2)8-13/h9,13H,4-8H2,1-3H3,(H,11,14). The summed E-state index contributed by atoms with van der Waals surface area (Å²) in [4.78, 5) is 13.1. The van der Waals surface area contributed by atoms with Gasteiger partial charge in [-0.2, -0.15) is 0 Å². The molecule has 0 aliphatic heterocycles. The van der Waals surface area contributed by atoms with Crippen LogP contribution in [-0.4, -0.2) is 61.9 Å². The van der Waals surface area contributed by atoms with Crippen LogP contribution in [0.25, 0.3) is 0 Å². The van der Waals surface area contributed by atoms with E-state index >= 15 is 0 Å². The third kappa shape index (κ3) is 7.30. The monoisotopic (exact) mass is 218 g/mol. The van der Waals surface area contributed by atoms with Gasteiger partial charge in [0.25, 0.3) is 0 Å². The Kier molecular flexibility index (Phi) is 8.27. The summed E-state index contributed by atoms with van der Waals surface area (Å²) in [5, 5.41) is 11.6. The van der Waals surface area contributed by atoms with Crippen LogP contribution in [0.2, 0.25) is 0 Å². The minimum Gasteiger partial charge on any atom is -0.395 e. The number of aliphatic hydroxyl groups excluding tert-OH is 1. The zero-order valence-corrected chi connectivity index (χ0v) is 9.82. The largest absolute Gasteiger partial charge is 0.395 e.